The van der Waals surface area contributed by atoms with Gasteiger partial charge in [-0.1, -0.05) is 29.8 Å². The number of nitrogens with zero attached hydrogens (tertiary/aromatic N) is 6. The topological polar surface area (TPSA) is 62.4 Å². The summed E-state index contributed by atoms with van der Waals surface area (Å²) in [4.78, 5) is 7.08. The van der Waals surface area contributed by atoms with Gasteiger partial charge in [-0.25, -0.2) is 9.67 Å². The zero-order valence-corrected chi connectivity index (χ0v) is 21.5. The number of aliphatic hydroxyl groups excluding tert-OH is 1. The van der Waals surface area contributed by atoms with Crippen LogP contribution in [0.4, 0.5) is 5.69 Å². The summed E-state index contributed by atoms with van der Waals surface area (Å²) < 4.78 is 6.12. The van der Waals surface area contributed by atoms with E-state index in [1.165, 1.54) is 27.9 Å². The van der Waals surface area contributed by atoms with Gasteiger partial charge in [-0.3, -0.25) is 0 Å². The van der Waals surface area contributed by atoms with Gasteiger partial charge >= 0.3 is 0 Å². The summed E-state index contributed by atoms with van der Waals surface area (Å²) in [5.74, 6) is 1.37. The highest BCUT2D eigenvalue weighted by molar-refractivity contribution is 7.55. The van der Waals surface area contributed by atoms with Gasteiger partial charge in [-0.15, -0.1) is 0 Å². The molecule has 2 aromatic heterocycles. The second-order valence-corrected chi connectivity index (χ2v) is 10.6. The van der Waals surface area contributed by atoms with Gasteiger partial charge < -0.3 is 31.7 Å². The van der Waals surface area contributed by atoms with Crippen LogP contribution in [-0.2, 0) is 19.4 Å². The summed E-state index contributed by atoms with van der Waals surface area (Å²) in [6.07, 6.45) is 4.98. The molecule has 0 bridgehead atoms. The third kappa shape index (κ3) is 4.23. The fraction of sp³-hybridized carbons (Fsp3) is 0.357. The number of benzene rings is 2. The Morgan fingerprint density at radius 2 is 1.97 bits per heavy atom. The van der Waals surface area contributed by atoms with Gasteiger partial charge in [0, 0.05) is 43.1 Å². The van der Waals surface area contributed by atoms with Crippen LogP contribution in [0.3, 0.4) is 0 Å². The lowest BCUT2D eigenvalue weighted by atomic mass is 10.1. The molecule has 2 aliphatic heterocycles. The number of aliphatic hydroxyl groups is 1. The van der Waals surface area contributed by atoms with E-state index in [2.05, 4.69) is 81.2 Å². The van der Waals surface area contributed by atoms with Crippen molar-refractivity contribution in [1.82, 2.24) is 23.6 Å². The minimum absolute atomic E-state index is 0.0130. The number of hydrogen-bond donors (Lipinski definition) is 1. The van der Waals surface area contributed by atoms with E-state index in [1.54, 1.807) is 6.33 Å². The molecule has 0 unspecified atom stereocenters. The lowest BCUT2D eigenvalue weighted by Gasteiger charge is -2.37. The van der Waals surface area contributed by atoms with Crippen molar-refractivity contribution in [2.45, 2.75) is 32.9 Å². The van der Waals surface area contributed by atoms with Gasteiger partial charge in [0.1, 0.15) is 6.33 Å². The molecule has 2 aromatic carbocycles. The van der Waals surface area contributed by atoms with E-state index in [0.717, 1.165) is 49.8 Å². The van der Waals surface area contributed by atoms with Gasteiger partial charge in [0.2, 0.25) is 0 Å². The van der Waals surface area contributed by atoms with Crippen molar-refractivity contribution in [3.8, 4) is 28.3 Å². The van der Waals surface area contributed by atoms with Crippen LogP contribution in [0.5, 0.6) is 0 Å². The Morgan fingerprint density at radius 3 is 2.78 bits per heavy atom. The normalized spacial score (nSPS) is 17.6. The maximum Gasteiger partial charge on any atom is 0.179 e. The standard InChI is InChI=1S/C28H31N6OS/c1-19-3-5-22(6-4-19)23-12-27-28-29-18-30-34(28)26-8-7-25(11-24(26)16-32(27)15-23)31-10-9-21(13-31)14-33(36)20(2)17-35/h3-8,11-12,15,18,20-21,35H,9-10,13-14,16-17H2,1-2H3/q-1/t20-,21-/m1/s1. The average Bonchev–Trinajstić information content (AvgIpc) is 3.63. The number of aromatic nitrogens is 4. The van der Waals surface area contributed by atoms with Crippen molar-refractivity contribution in [3.63, 3.8) is 0 Å². The van der Waals surface area contributed by atoms with Gasteiger partial charge in [0.05, 0.1) is 18.0 Å². The molecule has 1 saturated heterocycles. The summed E-state index contributed by atoms with van der Waals surface area (Å²) in [5.41, 5.74) is 8.27. The lowest BCUT2D eigenvalue weighted by Crippen LogP contribution is -2.35. The zero-order chi connectivity index (χ0) is 24.8. The van der Waals surface area contributed by atoms with E-state index in [-0.39, 0.29) is 12.6 Å². The molecule has 4 heterocycles. The van der Waals surface area contributed by atoms with Crippen molar-refractivity contribution in [3.05, 3.63) is 72.2 Å². The van der Waals surface area contributed by atoms with Crippen LogP contribution in [0.15, 0.2) is 61.1 Å². The predicted octanol–water partition coefficient (Wildman–Crippen LogP) is 4.04. The van der Waals surface area contributed by atoms with Crippen molar-refractivity contribution < 1.29 is 5.11 Å². The van der Waals surface area contributed by atoms with Crippen LogP contribution >= 0.6 is 0 Å². The molecule has 0 spiro atoms. The minimum atomic E-state index is 0.0130. The highest BCUT2D eigenvalue weighted by atomic mass is 32.1. The summed E-state index contributed by atoms with van der Waals surface area (Å²) in [6.45, 7) is 7.77. The lowest BCUT2D eigenvalue weighted by molar-refractivity contribution is 0.197. The van der Waals surface area contributed by atoms with Crippen LogP contribution in [-0.4, -0.2) is 61.0 Å². The number of fused-ring (bicyclic) bond motifs is 5. The SMILES string of the molecule is Cc1ccc(-c2cc3n(c2)Cc2cc(N4CC[C@@H](CN([S-])[C@H](C)CO)C4)ccc2-n2ncnc2-3)cc1. The Hall–Kier alpha value is -3.07. The number of rotatable bonds is 6. The molecule has 4 aromatic rings. The van der Waals surface area contributed by atoms with E-state index in [9.17, 15) is 5.11 Å². The van der Waals surface area contributed by atoms with E-state index in [0.29, 0.717) is 5.92 Å². The van der Waals surface area contributed by atoms with Crippen LogP contribution in [0.2, 0.25) is 0 Å². The molecule has 2 atom stereocenters. The molecule has 2 aliphatic rings. The molecule has 0 amide bonds. The predicted molar refractivity (Wildman–Crippen MR) is 145 cm³/mol. The summed E-state index contributed by atoms with van der Waals surface area (Å²) in [6, 6.07) is 17.6. The maximum absolute atomic E-state index is 9.41. The minimum Gasteiger partial charge on any atom is -0.701 e. The molecule has 36 heavy (non-hydrogen) atoms. The second kappa shape index (κ2) is 9.42. The van der Waals surface area contributed by atoms with Crippen molar-refractivity contribution in [2.75, 3.05) is 31.1 Å². The van der Waals surface area contributed by atoms with E-state index >= 15 is 0 Å². The molecule has 0 radical (unpaired) electrons. The zero-order valence-electron chi connectivity index (χ0n) is 20.7. The molecular weight excluding hydrogens is 468 g/mol. The molecule has 1 fully saturated rings. The Balaban J connectivity index is 1.29. The molecule has 186 valence electrons. The maximum atomic E-state index is 9.41. The van der Waals surface area contributed by atoms with Gasteiger partial charge in [0.25, 0.3) is 0 Å². The van der Waals surface area contributed by atoms with Crippen LogP contribution in [0.25, 0.3) is 28.3 Å². The van der Waals surface area contributed by atoms with Crippen LogP contribution < -0.4 is 4.90 Å². The van der Waals surface area contributed by atoms with E-state index in [1.807, 2.05) is 15.9 Å². The quantitative estimate of drug-likeness (QED) is 0.356. The first-order valence-electron chi connectivity index (χ1n) is 12.6. The fourth-order valence-electron chi connectivity index (χ4n) is 5.35. The molecule has 0 aliphatic carbocycles. The highest BCUT2D eigenvalue weighted by Gasteiger charge is 2.26. The van der Waals surface area contributed by atoms with Crippen LogP contribution in [0.1, 0.15) is 24.5 Å². The fourth-order valence-corrected chi connectivity index (χ4v) is 5.63. The second-order valence-electron chi connectivity index (χ2n) is 10.1. The average molecular weight is 500 g/mol. The first-order valence-corrected chi connectivity index (χ1v) is 13.0. The third-order valence-corrected chi connectivity index (χ3v) is 8.04. The van der Waals surface area contributed by atoms with Gasteiger partial charge in [0.15, 0.2) is 5.82 Å². The Bertz CT molecular complexity index is 1380. The third-order valence-electron chi connectivity index (χ3n) is 7.54. The molecule has 6 rings (SSSR count). The van der Waals surface area contributed by atoms with E-state index in [4.69, 9.17) is 12.8 Å². The Labute approximate surface area is 217 Å². The molecule has 8 heteroatoms. The van der Waals surface area contributed by atoms with Crippen molar-refractivity contribution in [1.29, 1.82) is 0 Å². The number of anilines is 1. The van der Waals surface area contributed by atoms with Crippen LogP contribution in [0, 0.1) is 12.8 Å². The Morgan fingerprint density at radius 1 is 1.14 bits per heavy atom. The van der Waals surface area contributed by atoms with Crippen molar-refractivity contribution in [2.24, 2.45) is 5.92 Å². The van der Waals surface area contributed by atoms with Gasteiger partial charge in [-0.05, 0) is 68.1 Å². The van der Waals surface area contributed by atoms with Crippen molar-refractivity contribution >= 4 is 18.5 Å². The number of aryl methyl sites for hydroxylation is 1. The molecule has 0 saturated carbocycles. The monoisotopic (exact) mass is 499 g/mol. The highest BCUT2D eigenvalue weighted by Crippen LogP contribution is 2.35. The summed E-state index contributed by atoms with van der Waals surface area (Å²) in [7, 11) is 0. The first-order chi connectivity index (χ1) is 17.5. The molecular formula is C28H31N6OS-. The number of hydrogen-bond acceptors (Lipinski definition) is 6. The van der Waals surface area contributed by atoms with Gasteiger partial charge in [-0.2, -0.15) is 5.10 Å². The molecule has 1 N–H and O–H groups in total. The smallest absolute Gasteiger partial charge is 0.179 e. The first kappa shape index (κ1) is 23.3. The summed E-state index contributed by atoms with van der Waals surface area (Å²) >= 11 is 5.49. The van der Waals surface area contributed by atoms with E-state index < -0.39 is 0 Å². The Kier molecular flexibility index (Phi) is 6.11. The largest absolute Gasteiger partial charge is 0.701 e. The molecule has 7 nitrogen and oxygen atoms in total. The summed E-state index contributed by atoms with van der Waals surface area (Å²) in [5, 5.41) is 14.0.